The molecule has 0 unspecified atom stereocenters. The lowest BCUT2D eigenvalue weighted by Crippen LogP contribution is -1.99. The van der Waals surface area contributed by atoms with Crippen LogP contribution in [0.15, 0.2) is 49.1 Å². The first-order valence-electron chi connectivity index (χ1n) is 5.89. The van der Waals surface area contributed by atoms with Crippen molar-refractivity contribution >= 4 is 5.97 Å². The van der Waals surface area contributed by atoms with Gasteiger partial charge in [-0.05, 0) is 25.7 Å². The molecule has 0 aliphatic carbocycles. The van der Waals surface area contributed by atoms with Crippen LogP contribution in [-0.4, -0.2) is 13.1 Å². The summed E-state index contributed by atoms with van der Waals surface area (Å²) in [5.41, 5.74) is 1.32. The van der Waals surface area contributed by atoms with Gasteiger partial charge < -0.3 is 4.74 Å². The third-order valence-corrected chi connectivity index (χ3v) is 2.36. The number of carbonyl (C=O) groups excluding carboxylic acids is 1. The molecule has 2 heteroatoms. The summed E-state index contributed by atoms with van der Waals surface area (Å²) in [6.45, 7) is 7.33. The summed E-state index contributed by atoms with van der Waals surface area (Å²) in [5, 5.41) is 0. The average molecular weight is 234 g/mol. The number of hydrogen-bond acceptors (Lipinski definition) is 2. The molecular formula is C15H22O2. The molecule has 0 aromatic heterocycles. The second-order valence-electron chi connectivity index (χ2n) is 3.71. The van der Waals surface area contributed by atoms with Crippen LogP contribution in [0.1, 0.15) is 32.1 Å². The normalized spacial score (nSPS) is 11.5. The Kier molecular flexibility index (Phi) is 9.92. The fourth-order valence-electron chi connectivity index (χ4n) is 1.46. The van der Waals surface area contributed by atoms with E-state index in [2.05, 4.69) is 24.0 Å². The Balaban J connectivity index is 3.89. The highest BCUT2D eigenvalue weighted by Gasteiger charge is 2.00. The van der Waals surface area contributed by atoms with Gasteiger partial charge in [-0.15, -0.1) is 0 Å². The molecule has 0 aromatic rings. The number of esters is 1. The van der Waals surface area contributed by atoms with Crippen LogP contribution in [0.4, 0.5) is 0 Å². The van der Waals surface area contributed by atoms with E-state index in [-0.39, 0.29) is 5.97 Å². The minimum Gasteiger partial charge on any atom is -0.469 e. The molecule has 0 N–H and O–H groups in total. The van der Waals surface area contributed by atoms with E-state index in [0.29, 0.717) is 6.42 Å². The third kappa shape index (κ3) is 9.36. The zero-order valence-corrected chi connectivity index (χ0v) is 10.7. The maximum absolute atomic E-state index is 10.9. The molecule has 0 amide bonds. The topological polar surface area (TPSA) is 26.3 Å². The Bertz CT molecular complexity index is 298. The van der Waals surface area contributed by atoms with E-state index in [4.69, 9.17) is 0 Å². The van der Waals surface area contributed by atoms with Gasteiger partial charge >= 0.3 is 5.97 Å². The first kappa shape index (κ1) is 15.4. The van der Waals surface area contributed by atoms with Gasteiger partial charge in [0, 0.05) is 6.42 Å². The molecule has 0 aliphatic rings. The molecule has 0 aliphatic heterocycles. The maximum atomic E-state index is 10.9. The van der Waals surface area contributed by atoms with Crippen LogP contribution in [0.2, 0.25) is 0 Å². The Morgan fingerprint density at radius 2 is 1.88 bits per heavy atom. The van der Waals surface area contributed by atoms with Crippen molar-refractivity contribution in [2.75, 3.05) is 7.11 Å². The predicted octanol–water partition coefficient (Wildman–Crippen LogP) is 3.96. The highest BCUT2D eigenvalue weighted by atomic mass is 16.5. The van der Waals surface area contributed by atoms with E-state index in [0.717, 1.165) is 25.7 Å². The molecular weight excluding hydrogens is 212 g/mol. The highest BCUT2D eigenvalue weighted by molar-refractivity contribution is 5.68. The Morgan fingerprint density at radius 1 is 1.18 bits per heavy atom. The van der Waals surface area contributed by atoms with Gasteiger partial charge in [-0.2, -0.15) is 0 Å². The molecule has 0 bridgehead atoms. The first-order chi connectivity index (χ1) is 8.24. The summed E-state index contributed by atoms with van der Waals surface area (Å²) in [7, 11) is 1.42. The average Bonchev–Trinajstić information content (AvgIpc) is 2.34. The van der Waals surface area contributed by atoms with E-state index in [1.165, 1.54) is 12.7 Å². The van der Waals surface area contributed by atoms with Crippen molar-refractivity contribution < 1.29 is 9.53 Å². The second kappa shape index (κ2) is 10.9. The van der Waals surface area contributed by atoms with Gasteiger partial charge in [0.1, 0.15) is 0 Å². The van der Waals surface area contributed by atoms with Gasteiger partial charge in [0.05, 0.1) is 7.11 Å². The van der Waals surface area contributed by atoms with E-state index in [9.17, 15) is 4.79 Å². The second-order valence-corrected chi connectivity index (χ2v) is 3.71. The third-order valence-electron chi connectivity index (χ3n) is 2.36. The fraction of sp³-hybridized carbons (Fsp3) is 0.400. The molecule has 17 heavy (non-hydrogen) atoms. The first-order valence-corrected chi connectivity index (χ1v) is 5.89. The van der Waals surface area contributed by atoms with E-state index in [1.54, 1.807) is 12.2 Å². The largest absolute Gasteiger partial charge is 0.469 e. The number of carbonyl (C=O) groups is 1. The van der Waals surface area contributed by atoms with Crippen LogP contribution in [-0.2, 0) is 9.53 Å². The summed E-state index contributed by atoms with van der Waals surface area (Å²) >= 11 is 0. The molecule has 0 aromatic carbocycles. The molecule has 94 valence electrons. The lowest BCUT2D eigenvalue weighted by Gasteiger charge is -2.04. The molecule has 0 heterocycles. The zero-order valence-electron chi connectivity index (χ0n) is 10.7. The molecule has 0 rings (SSSR count). The van der Waals surface area contributed by atoms with Crippen molar-refractivity contribution in [1.29, 1.82) is 0 Å². The molecule has 0 radical (unpaired) electrons. The summed E-state index contributed by atoms with van der Waals surface area (Å²) < 4.78 is 4.59. The van der Waals surface area contributed by atoms with Crippen molar-refractivity contribution in [3.63, 3.8) is 0 Å². The predicted molar refractivity (Wildman–Crippen MR) is 72.7 cm³/mol. The molecule has 0 saturated heterocycles. The van der Waals surface area contributed by atoms with Crippen molar-refractivity contribution in [3.05, 3.63) is 49.1 Å². The molecule has 0 spiro atoms. The number of methoxy groups -OCH3 is 1. The maximum Gasteiger partial charge on any atom is 0.305 e. The van der Waals surface area contributed by atoms with Crippen molar-refractivity contribution in [1.82, 2.24) is 0 Å². The molecule has 0 saturated carbocycles. The molecule has 0 fully saturated rings. The SMILES string of the molecule is C=C/C=C(\C/C=C/C=C)CCCCC(=O)OC. The van der Waals surface area contributed by atoms with E-state index in [1.807, 2.05) is 12.2 Å². The monoisotopic (exact) mass is 234 g/mol. The van der Waals surface area contributed by atoms with Crippen LogP contribution >= 0.6 is 0 Å². The van der Waals surface area contributed by atoms with Crippen molar-refractivity contribution in [3.8, 4) is 0 Å². The smallest absolute Gasteiger partial charge is 0.305 e. The summed E-state index contributed by atoms with van der Waals surface area (Å²) in [6.07, 6.45) is 13.9. The molecule has 2 nitrogen and oxygen atoms in total. The van der Waals surface area contributed by atoms with Crippen LogP contribution in [0, 0.1) is 0 Å². The van der Waals surface area contributed by atoms with Gasteiger partial charge in [-0.25, -0.2) is 0 Å². The van der Waals surface area contributed by atoms with Gasteiger partial charge in [-0.1, -0.05) is 49.1 Å². The molecule has 0 atom stereocenters. The van der Waals surface area contributed by atoms with Crippen molar-refractivity contribution in [2.24, 2.45) is 0 Å². The number of allylic oxidation sites excluding steroid dienone is 6. The van der Waals surface area contributed by atoms with Crippen molar-refractivity contribution in [2.45, 2.75) is 32.1 Å². The van der Waals surface area contributed by atoms with Crippen LogP contribution in [0.3, 0.4) is 0 Å². The fourth-order valence-corrected chi connectivity index (χ4v) is 1.46. The van der Waals surface area contributed by atoms with E-state index < -0.39 is 0 Å². The van der Waals surface area contributed by atoms with E-state index >= 15 is 0 Å². The number of ether oxygens (including phenoxy) is 1. The Hall–Kier alpha value is -1.57. The number of unbranched alkanes of at least 4 members (excludes halogenated alkanes) is 1. The van der Waals surface area contributed by atoms with Gasteiger partial charge in [0.15, 0.2) is 0 Å². The lowest BCUT2D eigenvalue weighted by atomic mass is 10.0. The lowest BCUT2D eigenvalue weighted by molar-refractivity contribution is -0.140. The number of hydrogen-bond donors (Lipinski definition) is 0. The van der Waals surface area contributed by atoms with Crippen LogP contribution in [0.5, 0.6) is 0 Å². The summed E-state index contributed by atoms with van der Waals surface area (Å²) in [4.78, 5) is 10.9. The zero-order chi connectivity index (χ0) is 12.9. The van der Waals surface area contributed by atoms with Gasteiger partial charge in [0.2, 0.25) is 0 Å². The minimum atomic E-state index is -0.134. The Morgan fingerprint density at radius 3 is 2.47 bits per heavy atom. The van der Waals surface area contributed by atoms with Crippen LogP contribution in [0.25, 0.3) is 0 Å². The van der Waals surface area contributed by atoms with Crippen LogP contribution < -0.4 is 0 Å². The number of rotatable bonds is 9. The highest BCUT2D eigenvalue weighted by Crippen LogP contribution is 2.14. The Labute approximate surface area is 104 Å². The quantitative estimate of drug-likeness (QED) is 0.343. The standard InChI is InChI=1S/C15H22O2/c1-4-6-7-11-14(10-5-2)12-8-9-13-15(16)17-3/h4-7,10H,1-2,8-9,11-13H2,3H3/b7-6+,14-10+. The summed E-state index contributed by atoms with van der Waals surface area (Å²) in [6, 6.07) is 0. The van der Waals surface area contributed by atoms with Gasteiger partial charge in [0.25, 0.3) is 0 Å². The van der Waals surface area contributed by atoms with Gasteiger partial charge in [-0.3, -0.25) is 4.79 Å². The minimum absolute atomic E-state index is 0.134. The summed E-state index contributed by atoms with van der Waals surface area (Å²) in [5.74, 6) is -0.134.